The summed E-state index contributed by atoms with van der Waals surface area (Å²) in [6.45, 7) is 2.90. The molecule has 0 unspecified atom stereocenters. The Bertz CT molecular complexity index is 1960. The number of halogens is 2. The largest absolute Gasteiger partial charge is 0.383 e. The Morgan fingerprint density at radius 1 is 1.05 bits per heavy atom. The quantitative estimate of drug-likeness (QED) is 0.294. The van der Waals surface area contributed by atoms with Crippen LogP contribution in [0.1, 0.15) is 35.1 Å². The van der Waals surface area contributed by atoms with E-state index in [1.807, 2.05) is 22.6 Å². The first-order chi connectivity index (χ1) is 20.5. The zero-order chi connectivity index (χ0) is 30.5. The maximum atomic E-state index is 15.3. The second-order valence-corrected chi connectivity index (χ2v) is 12.2. The number of nitrogens with two attached hydrogens (primary N) is 1. The van der Waals surface area contributed by atoms with E-state index in [0.29, 0.717) is 53.8 Å². The van der Waals surface area contributed by atoms with Crippen molar-refractivity contribution in [3.8, 4) is 11.1 Å². The van der Waals surface area contributed by atoms with Crippen molar-refractivity contribution in [3.63, 3.8) is 0 Å². The minimum atomic E-state index is -4.15. The number of amides is 1. The minimum absolute atomic E-state index is 0.00508. The van der Waals surface area contributed by atoms with Crippen molar-refractivity contribution in [1.82, 2.24) is 29.2 Å². The molecule has 5 aromatic rings. The van der Waals surface area contributed by atoms with Crippen molar-refractivity contribution >= 4 is 38.5 Å². The van der Waals surface area contributed by atoms with Crippen molar-refractivity contribution in [3.05, 3.63) is 84.1 Å². The predicted octanol–water partition coefficient (Wildman–Crippen LogP) is 4.28. The number of aryl methyl sites for hydroxylation is 2. The topological polar surface area (TPSA) is 141 Å². The highest BCUT2D eigenvalue weighted by Gasteiger charge is 2.29. The van der Waals surface area contributed by atoms with Gasteiger partial charge in [0.1, 0.15) is 35.1 Å². The van der Waals surface area contributed by atoms with Gasteiger partial charge in [0, 0.05) is 37.9 Å². The fourth-order valence-electron chi connectivity index (χ4n) is 5.51. The first kappa shape index (κ1) is 28.3. The Balaban J connectivity index is 1.27. The summed E-state index contributed by atoms with van der Waals surface area (Å²) < 4.78 is 59.8. The van der Waals surface area contributed by atoms with Gasteiger partial charge in [0.15, 0.2) is 0 Å². The maximum absolute atomic E-state index is 15.3. The molecule has 0 atom stereocenters. The molecule has 6 rings (SSSR count). The Morgan fingerprint density at radius 2 is 1.77 bits per heavy atom. The molecule has 2 aromatic carbocycles. The van der Waals surface area contributed by atoms with Gasteiger partial charge in [0.05, 0.1) is 21.7 Å². The molecule has 1 aliphatic rings. The highest BCUT2D eigenvalue weighted by atomic mass is 32.2. The first-order valence-corrected chi connectivity index (χ1v) is 15.0. The van der Waals surface area contributed by atoms with E-state index in [2.05, 4.69) is 19.8 Å². The lowest BCUT2D eigenvalue weighted by Crippen LogP contribution is -2.39. The van der Waals surface area contributed by atoms with Crippen LogP contribution in [-0.2, 0) is 17.1 Å². The summed E-state index contributed by atoms with van der Waals surface area (Å²) in [6.07, 6.45) is 4.54. The second kappa shape index (κ2) is 10.8. The number of benzene rings is 2. The lowest BCUT2D eigenvalue weighted by molar-refractivity contribution is 0.0685. The zero-order valence-corrected chi connectivity index (χ0v) is 24.1. The van der Waals surface area contributed by atoms with Gasteiger partial charge in [-0.05, 0) is 67.8 Å². The molecule has 4 heterocycles. The Labute approximate surface area is 246 Å². The molecule has 222 valence electrons. The van der Waals surface area contributed by atoms with Crippen LogP contribution in [0.3, 0.4) is 0 Å². The third-order valence-electron chi connectivity index (χ3n) is 7.65. The summed E-state index contributed by atoms with van der Waals surface area (Å²) in [5, 5.41) is 4.82. The molecule has 3 N–H and O–H groups in total. The number of likely N-dealkylation sites (tertiary alicyclic amines) is 1. The number of nitrogens with zero attached hydrogens (tertiary/aromatic N) is 6. The number of hydrogen-bond acceptors (Lipinski definition) is 7. The summed E-state index contributed by atoms with van der Waals surface area (Å²) in [5.74, 6) is -1.25. The number of aromatic nitrogens is 5. The monoisotopic (exact) mass is 606 g/mol. The summed E-state index contributed by atoms with van der Waals surface area (Å²) in [7, 11) is -2.39. The molecule has 0 spiro atoms. The third kappa shape index (κ3) is 5.29. The van der Waals surface area contributed by atoms with Crippen LogP contribution in [0.4, 0.5) is 20.3 Å². The Kier molecular flexibility index (Phi) is 7.08. The third-order valence-corrected chi connectivity index (χ3v) is 9.03. The number of piperidine rings is 1. The zero-order valence-electron chi connectivity index (χ0n) is 23.3. The van der Waals surface area contributed by atoms with Crippen molar-refractivity contribution in [2.45, 2.75) is 30.7 Å². The van der Waals surface area contributed by atoms with E-state index < -0.39 is 21.7 Å². The van der Waals surface area contributed by atoms with E-state index in [1.165, 1.54) is 18.5 Å². The molecule has 14 heteroatoms. The number of carbonyl (C=O) groups excluding carboxylic acids is 1. The lowest BCUT2D eigenvalue weighted by atomic mass is 10.0. The summed E-state index contributed by atoms with van der Waals surface area (Å²) in [4.78, 5) is 23.3. The molecule has 43 heavy (non-hydrogen) atoms. The molecule has 1 aliphatic heterocycles. The average molecular weight is 607 g/mol. The van der Waals surface area contributed by atoms with Crippen LogP contribution in [0.2, 0.25) is 0 Å². The number of carbonyl (C=O) groups is 1. The number of anilines is 2. The van der Waals surface area contributed by atoms with E-state index in [9.17, 15) is 17.6 Å². The van der Waals surface area contributed by atoms with Gasteiger partial charge in [-0.15, -0.1) is 0 Å². The number of nitrogen functional groups attached to an aromatic ring is 1. The predicted molar refractivity (Wildman–Crippen MR) is 157 cm³/mol. The Morgan fingerprint density at radius 3 is 2.42 bits per heavy atom. The molecule has 0 saturated carbocycles. The first-order valence-electron chi connectivity index (χ1n) is 13.5. The number of nitrogens with one attached hydrogen (secondary N) is 1. The fraction of sp³-hybridized carbons (Fsp3) is 0.241. The van der Waals surface area contributed by atoms with Gasteiger partial charge in [-0.3, -0.25) is 14.2 Å². The van der Waals surface area contributed by atoms with Gasteiger partial charge in [-0.25, -0.2) is 27.2 Å². The van der Waals surface area contributed by atoms with Crippen LogP contribution >= 0.6 is 0 Å². The summed E-state index contributed by atoms with van der Waals surface area (Å²) >= 11 is 0. The van der Waals surface area contributed by atoms with Gasteiger partial charge in [0.2, 0.25) is 0 Å². The average Bonchev–Trinajstić information content (AvgIpc) is 3.54. The van der Waals surface area contributed by atoms with E-state index in [1.54, 1.807) is 23.9 Å². The molecular weight excluding hydrogens is 578 g/mol. The number of rotatable bonds is 6. The van der Waals surface area contributed by atoms with Crippen LogP contribution in [0.15, 0.2) is 66.0 Å². The molecule has 1 fully saturated rings. The smallest absolute Gasteiger partial charge is 0.272 e. The molecule has 0 bridgehead atoms. The van der Waals surface area contributed by atoms with Gasteiger partial charge in [0.25, 0.3) is 15.9 Å². The van der Waals surface area contributed by atoms with Crippen molar-refractivity contribution in [2.75, 3.05) is 23.5 Å². The second-order valence-electron chi connectivity index (χ2n) is 10.5. The molecule has 0 aliphatic carbocycles. The molecule has 1 amide bonds. The SMILES string of the molecule is Cc1cc(C(=O)N2CCC(n3cc(-c4ccc(NS(=O)(=O)c5ccc(F)cc5)c(F)c4)c4c(N)ncnc43)CC2)n(C)n1. The van der Waals surface area contributed by atoms with E-state index in [-0.39, 0.29) is 28.3 Å². The van der Waals surface area contributed by atoms with Crippen molar-refractivity contribution in [2.24, 2.45) is 7.05 Å². The number of hydrogen-bond donors (Lipinski definition) is 2. The number of sulfonamides is 1. The van der Waals surface area contributed by atoms with Crippen LogP contribution in [0.5, 0.6) is 0 Å². The van der Waals surface area contributed by atoms with Crippen LogP contribution in [0.25, 0.3) is 22.2 Å². The molecular formula is C29H28F2N8O3S. The van der Waals surface area contributed by atoms with Crippen molar-refractivity contribution in [1.29, 1.82) is 0 Å². The summed E-state index contributed by atoms with van der Waals surface area (Å²) in [5.41, 5.74) is 8.94. The number of fused-ring (bicyclic) bond motifs is 1. The van der Waals surface area contributed by atoms with Gasteiger partial charge in [-0.2, -0.15) is 5.10 Å². The van der Waals surface area contributed by atoms with Crippen LogP contribution in [-0.4, -0.2) is 56.6 Å². The van der Waals surface area contributed by atoms with E-state index in [4.69, 9.17) is 5.73 Å². The molecule has 0 radical (unpaired) electrons. The molecule has 11 nitrogen and oxygen atoms in total. The minimum Gasteiger partial charge on any atom is -0.383 e. The van der Waals surface area contributed by atoms with Crippen molar-refractivity contribution < 1.29 is 22.0 Å². The van der Waals surface area contributed by atoms with Gasteiger partial charge in [-0.1, -0.05) is 6.07 Å². The van der Waals surface area contributed by atoms with Crippen LogP contribution in [0, 0.1) is 18.6 Å². The lowest BCUT2D eigenvalue weighted by Gasteiger charge is -2.32. The normalized spacial score (nSPS) is 14.4. The highest BCUT2D eigenvalue weighted by molar-refractivity contribution is 7.92. The van der Waals surface area contributed by atoms with E-state index in [0.717, 1.165) is 30.0 Å². The highest BCUT2D eigenvalue weighted by Crippen LogP contribution is 2.38. The van der Waals surface area contributed by atoms with Gasteiger partial charge >= 0.3 is 0 Å². The van der Waals surface area contributed by atoms with Gasteiger partial charge < -0.3 is 15.2 Å². The maximum Gasteiger partial charge on any atom is 0.272 e. The van der Waals surface area contributed by atoms with Crippen LogP contribution < -0.4 is 10.5 Å². The molecule has 1 saturated heterocycles. The fourth-order valence-corrected chi connectivity index (χ4v) is 6.58. The Hall–Kier alpha value is -4.85. The summed E-state index contributed by atoms with van der Waals surface area (Å²) in [6, 6.07) is 10.1. The van der Waals surface area contributed by atoms with E-state index >= 15 is 4.39 Å². The molecule has 3 aromatic heterocycles. The standard InChI is InChI=1S/C29H28F2N8O3S/c1-17-13-25(37(2)35-17)29(40)38-11-9-20(10-12-38)39-15-22(26-27(32)33-16-34-28(26)39)18-3-8-24(23(31)14-18)36-43(41,42)21-6-4-19(30)5-7-21/h3-8,13-16,20,36H,9-12H2,1-2H3,(H2,32,33,34).